The zero-order chi connectivity index (χ0) is 20.2. The van der Waals surface area contributed by atoms with E-state index in [0.29, 0.717) is 24.4 Å². The zero-order valence-electron chi connectivity index (χ0n) is 15.9. The first kappa shape index (κ1) is 18.6. The molecule has 6 nitrogen and oxygen atoms in total. The molecule has 0 amide bonds. The predicted octanol–water partition coefficient (Wildman–Crippen LogP) is 2.65. The quantitative estimate of drug-likeness (QED) is 0.511. The summed E-state index contributed by atoms with van der Waals surface area (Å²) >= 11 is 0. The van der Waals surface area contributed by atoms with Crippen LogP contribution in [-0.4, -0.2) is 26.2 Å². The van der Waals surface area contributed by atoms with E-state index in [0.717, 1.165) is 22.3 Å². The molecule has 0 N–H and O–H groups in total. The summed E-state index contributed by atoms with van der Waals surface area (Å²) in [5.41, 5.74) is 4.72. The number of rotatable bonds is 6. The van der Waals surface area contributed by atoms with Gasteiger partial charge in [-0.05, 0) is 45.2 Å². The van der Waals surface area contributed by atoms with Crippen LogP contribution in [0.1, 0.15) is 32.9 Å². The monoisotopic (exact) mass is 383 g/mol. The van der Waals surface area contributed by atoms with Gasteiger partial charge in [-0.2, -0.15) is 0 Å². The summed E-state index contributed by atoms with van der Waals surface area (Å²) in [6.07, 6.45) is 0.492. The Labute approximate surface area is 168 Å². The van der Waals surface area contributed by atoms with E-state index in [1.54, 1.807) is 16.8 Å². The molecule has 0 aliphatic heterocycles. The fourth-order valence-corrected chi connectivity index (χ4v) is 3.39. The number of aromatic nitrogens is 4. The largest absolute Gasteiger partial charge is 0.545 e. The Balaban J connectivity index is 1.67. The summed E-state index contributed by atoms with van der Waals surface area (Å²) in [5.74, 6) is -0.477. The maximum absolute atomic E-state index is 11.6. The minimum atomic E-state index is -1.19. The lowest BCUT2D eigenvalue weighted by atomic mass is 9.93. The van der Waals surface area contributed by atoms with Gasteiger partial charge < -0.3 is 9.90 Å². The molecule has 0 aliphatic carbocycles. The fourth-order valence-electron chi connectivity index (χ4n) is 3.39. The minimum absolute atomic E-state index is 0.173. The molecule has 29 heavy (non-hydrogen) atoms. The summed E-state index contributed by atoms with van der Waals surface area (Å²) < 4.78 is 1.76. The lowest BCUT2D eigenvalue weighted by Gasteiger charge is -2.15. The van der Waals surface area contributed by atoms with Crippen molar-refractivity contribution in [3.63, 3.8) is 0 Å². The Morgan fingerprint density at radius 1 is 0.931 bits per heavy atom. The van der Waals surface area contributed by atoms with Gasteiger partial charge in [0.25, 0.3) is 0 Å². The van der Waals surface area contributed by atoms with E-state index in [-0.39, 0.29) is 5.56 Å². The number of carbonyl (C=O) groups is 1. The first-order chi connectivity index (χ1) is 14.1. The molecular formula is C23H19N4O2-. The Morgan fingerprint density at radius 3 is 2.45 bits per heavy atom. The van der Waals surface area contributed by atoms with Crippen molar-refractivity contribution >= 4 is 5.97 Å². The highest BCUT2D eigenvalue weighted by Crippen LogP contribution is 2.28. The number of aromatic carboxylic acids is 1. The smallest absolute Gasteiger partial charge is 0.156 e. The first-order valence-corrected chi connectivity index (χ1v) is 9.31. The van der Waals surface area contributed by atoms with E-state index in [1.165, 1.54) is 0 Å². The van der Waals surface area contributed by atoms with Crippen LogP contribution in [0, 0.1) is 6.92 Å². The third kappa shape index (κ3) is 4.06. The third-order valence-corrected chi connectivity index (χ3v) is 4.88. The Bertz CT molecular complexity index is 1150. The molecule has 6 heteroatoms. The average Bonchev–Trinajstić information content (AvgIpc) is 3.15. The summed E-state index contributed by atoms with van der Waals surface area (Å²) in [5, 5.41) is 23.7. The van der Waals surface area contributed by atoms with Crippen molar-refractivity contribution in [1.29, 1.82) is 0 Å². The van der Waals surface area contributed by atoms with Crippen molar-refractivity contribution in [3.05, 3.63) is 101 Å². The summed E-state index contributed by atoms with van der Waals surface area (Å²) in [6, 6.07) is 22.9. The van der Waals surface area contributed by atoms with E-state index in [9.17, 15) is 9.90 Å². The number of carboxylic acids is 1. The van der Waals surface area contributed by atoms with Gasteiger partial charge in [-0.3, -0.25) is 0 Å². The molecule has 4 aromatic rings. The van der Waals surface area contributed by atoms with Crippen molar-refractivity contribution in [2.24, 2.45) is 0 Å². The highest BCUT2D eigenvalue weighted by Gasteiger charge is 2.13. The highest BCUT2D eigenvalue weighted by molar-refractivity contribution is 5.95. The highest BCUT2D eigenvalue weighted by atomic mass is 16.4. The molecule has 0 fully saturated rings. The lowest BCUT2D eigenvalue weighted by Crippen LogP contribution is -2.23. The molecule has 0 bridgehead atoms. The summed E-state index contributed by atoms with van der Waals surface area (Å²) in [7, 11) is 0. The van der Waals surface area contributed by atoms with Crippen LogP contribution in [0.3, 0.4) is 0 Å². The van der Waals surface area contributed by atoms with Crippen LogP contribution in [0.15, 0.2) is 72.8 Å². The second-order valence-corrected chi connectivity index (χ2v) is 6.90. The predicted molar refractivity (Wildman–Crippen MR) is 107 cm³/mol. The topological polar surface area (TPSA) is 83.7 Å². The van der Waals surface area contributed by atoms with Crippen LogP contribution in [-0.2, 0) is 13.0 Å². The Hall–Kier alpha value is -3.80. The van der Waals surface area contributed by atoms with Crippen LogP contribution in [0.2, 0.25) is 0 Å². The Kier molecular flexibility index (Phi) is 5.16. The maximum atomic E-state index is 11.6. The van der Waals surface area contributed by atoms with Gasteiger partial charge in [0.05, 0.1) is 12.5 Å². The van der Waals surface area contributed by atoms with Gasteiger partial charge in [-0.25, -0.2) is 4.68 Å². The van der Waals surface area contributed by atoms with E-state index >= 15 is 0 Å². The number of benzene rings is 3. The molecule has 3 aromatic carbocycles. The van der Waals surface area contributed by atoms with Gasteiger partial charge in [-0.1, -0.05) is 72.8 Å². The second-order valence-electron chi connectivity index (χ2n) is 6.90. The van der Waals surface area contributed by atoms with Gasteiger partial charge in [-0.15, -0.1) is 5.10 Å². The van der Waals surface area contributed by atoms with Gasteiger partial charge in [0.15, 0.2) is 5.82 Å². The van der Waals surface area contributed by atoms with E-state index in [1.807, 2.05) is 67.6 Å². The van der Waals surface area contributed by atoms with Crippen LogP contribution < -0.4 is 5.11 Å². The SMILES string of the molecule is Cc1ccccc1-c1cc(Cc2nnnn2Cc2ccccc2)ccc1C(=O)[O-]. The van der Waals surface area contributed by atoms with Crippen molar-refractivity contribution in [1.82, 2.24) is 20.2 Å². The summed E-state index contributed by atoms with van der Waals surface area (Å²) in [4.78, 5) is 11.6. The number of carbonyl (C=O) groups excluding carboxylic acids is 1. The molecule has 0 radical (unpaired) electrons. The van der Waals surface area contributed by atoms with Crippen LogP contribution in [0.4, 0.5) is 0 Å². The fraction of sp³-hybridized carbons (Fsp3) is 0.130. The van der Waals surface area contributed by atoms with Gasteiger partial charge in [0.2, 0.25) is 0 Å². The summed E-state index contributed by atoms with van der Waals surface area (Å²) in [6.45, 7) is 2.53. The van der Waals surface area contributed by atoms with E-state index < -0.39 is 5.97 Å². The number of tetrazole rings is 1. The third-order valence-electron chi connectivity index (χ3n) is 4.88. The molecule has 0 unspecified atom stereocenters. The number of aryl methyl sites for hydroxylation is 1. The minimum Gasteiger partial charge on any atom is -0.545 e. The van der Waals surface area contributed by atoms with Crippen LogP contribution in [0.5, 0.6) is 0 Å². The molecule has 1 heterocycles. The van der Waals surface area contributed by atoms with Crippen molar-refractivity contribution in [3.8, 4) is 11.1 Å². The Morgan fingerprint density at radius 2 is 1.69 bits per heavy atom. The molecule has 0 atom stereocenters. The van der Waals surface area contributed by atoms with E-state index in [4.69, 9.17) is 0 Å². The van der Waals surface area contributed by atoms with Crippen molar-refractivity contribution in [2.75, 3.05) is 0 Å². The van der Waals surface area contributed by atoms with Crippen LogP contribution in [0.25, 0.3) is 11.1 Å². The first-order valence-electron chi connectivity index (χ1n) is 9.31. The lowest BCUT2D eigenvalue weighted by molar-refractivity contribution is -0.254. The molecule has 0 spiro atoms. The van der Waals surface area contributed by atoms with Gasteiger partial charge in [0.1, 0.15) is 0 Å². The maximum Gasteiger partial charge on any atom is 0.156 e. The van der Waals surface area contributed by atoms with Crippen molar-refractivity contribution in [2.45, 2.75) is 19.9 Å². The number of hydrogen-bond acceptors (Lipinski definition) is 5. The molecule has 4 rings (SSSR count). The molecule has 0 saturated heterocycles. The molecule has 0 aliphatic rings. The molecule has 0 saturated carbocycles. The molecular weight excluding hydrogens is 364 g/mol. The molecule has 1 aromatic heterocycles. The van der Waals surface area contributed by atoms with Gasteiger partial charge >= 0.3 is 0 Å². The van der Waals surface area contributed by atoms with Crippen LogP contribution >= 0.6 is 0 Å². The second kappa shape index (κ2) is 8.06. The van der Waals surface area contributed by atoms with Crippen molar-refractivity contribution < 1.29 is 9.90 Å². The average molecular weight is 383 g/mol. The molecule has 144 valence electrons. The number of nitrogens with zero attached hydrogens (tertiary/aromatic N) is 4. The van der Waals surface area contributed by atoms with E-state index in [2.05, 4.69) is 15.5 Å². The van der Waals surface area contributed by atoms with Gasteiger partial charge in [0, 0.05) is 12.0 Å². The zero-order valence-corrected chi connectivity index (χ0v) is 15.9. The number of carboxylic acid groups (broad SMARTS) is 1. The number of hydrogen-bond donors (Lipinski definition) is 0. The normalized spacial score (nSPS) is 10.8. The standard InChI is InChI=1S/C23H20N4O2/c1-16-7-5-6-10-19(16)21-13-18(11-12-20(21)23(28)29)14-22-24-25-26-27(22)15-17-8-3-2-4-9-17/h2-13H,14-15H2,1H3,(H,28,29)/p-1.